The van der Waals surface area contributed by atoms with Crippen LogP contribution in [-0.4, -0.2) is 69.9 Å². The van der Waals surface area contributed by atoms with Gasteiger partial charge in [-0.3, -0.25) is 4.79 Å². The van der Waals surface area contributed by atoms with Gasteiger partial charge in [-0.2, -0.15) is 0 Å². The molecule has 2 aliphatic carbocycles. The summed E-state index contributed by atoms with van der Waals surface area (Å²) in [6, 6.07) is 6.22. The summed E-state index contributed by atoms with van der Waals surface area (Å²) in [5.41, 5.74) is 0.774. The Morgan fingerprint density at radius 1 is 1.30 bits per heavy atom. The van der Waals surface area contributed by atoms with Crippen molar-refractivity contribution in [3.63, 3.8) is 0 Å². The molecule has 1 saturated carbocycles. The summed E-state index contributed by atoms with van der Waals surface area (Å²) in [5, 5.41) is 15.9. The van der Waals surface area contributed by atoms with E-state index >= 15 is 0 Å². The summed E-state index contributed by atoms with van der Waals surface area (Å²) in [4.78, 5) is 20.7. The van der Waals surface area contributed by atoms with E-state index in [1.165, 1.54) is 28.4 Å². The van der Waals surface area contributed by atoms with E-state index < -0.39 is 15.9 Å². The lowest BCUT2D eigenvalue weighted by Gasteiger charge is -2.53. The number of carbonyl (C=O) groups is 1. The first-order valence-electron chi connectivity index (χ1n) is 14.3. The van der Waals surface area contributed by atoms with Gasteiger partial charge in [0.15, 0.2) is 9.84 Å². The fraction of sp³-hybridized carbons (Fsp3) is 0.655. The van der Waals surface area contributed by atoms with Crippen molar-refractivity contribution in [2.75, 3.05) is 39.4 Å². The van der Waals surface area contributed by atoms with Gasteiger partial charge in [0.2, 0.25) is 5.91 Å². The molecule has 1 aliphatic heterocycles. The number of fused-ring (bicyclic) bond motifs is 2. The minimum atomic E-state index is -3.56. The van der Waals surface area contributed by atoms with Crippen molar-refractivity contribution in [1.29, 1.82) is 0 Å². The number of amides is 1. The van der Waals surface area contributed by atoms with Gasteiger partial charge in [-0.1, -0.05) is 32.4 Å². The Morgan fingerprint density at radius 3 is 2.70 bits per heavy atom. The molecule has 3 aliphatic rings. The average molecular weight is 611 g/mol. The first-order valence-corrected chi connectivity index (χ1v) is 17.2. The molecule has 5 rings (SSSR count). The number of carbonyl (C=O) groups excluding carboxylic acids is 1. The zero-order chi connectivity index (χ0) is 28.7. The zero-order valence-corrected chi connectivity index (χ0v) is 25.9. The third-order valence-corrected chi connectivity index (χ3v) is 12.6. The molecule has 40 heavy (non-hydrogen) atoms. The van der Waals surface area contributed by atoms with Gasteiger partial charge in [0, 0.05) is 21.7 Å². The molecular weight excluding hydrogens is 570 g/mol. The minimum Gasteiger partial charge on any atom is -0.392 e. The molecule has 3 N–H and O–H groups in total. The van der Waals surface area contributed by atoms with E-state index in [1.54, 1.807) is 12.1 Å². The molecule has 11 heteroatoms. The van der Waals surface area contributed by atoms with Crippen LogP contribution < -0.4 is 10.2 Å². The highest BCUT2D eigenvalue weighted by Gasteiger charge is 2.54. The van der Waals surface area contributed by atoms with Crippen molar-refractivity contribution in [2.24, 2.45) is 23.2 Å². The number of aliphatic hydroxyl groups is 1. The Balaban J connectivity index is 1.26. The molecule has 6 atom stereocenters. The lowest BCUT2D eigenvalue weighted by molar-refractivity contribution is -0.906. The predicted molar refractivity (Wildman–Crippen MR) is 155 cm³/mol. The van der Waals surface area contributed by atoms with Crippen LogP contribution in [0.4, 0.5) is 0 Å². The number of hydrogen-bond acceptors (Lipinski definition) is 7. The van der Waals surface area contributed by atoms with Gasteiger partial charge in [-0.05, 0) is 60.8 Å². The summed E-state index contributed by atoms with van der Waals surface area (Å²) in [7, 11) is -3.56. The third kappa shape index (κ3) is 6.13. The largest absolute Gasteiger partial charge is 0.392 e. The average Bonchev–Trinajstić information content (AvgIpc) is 3.30. The number of ether oxygens (including phenoxy) is 1. The van der Waals surface area contributed by atoms with Crippen LogP contribution in [0.3, 0.4) is 0 Å². The Kier molecular flexibility index (Phi) is 8.95. The molecule has 1 saturated heterocycles. The van der Waals surface area contributed by atoms with Crippen molar-refractivity contribution in [2.45, 2.75) is 62.7 Å². The van der Waals surface area contributed by atoms with Crippen molar-refractivity contribution in [1.82, 2.24) is 10.3 Å². The number of thiazole rings is 1. The summed E-state index contributed by atoms with van der Waals surface area (Å²) in [6.45, 7) is 11.3. The molecule has 0 radical (unpaired) electrons. The Bertz CT molecular complexity index is 1310. The van der Waals surface area contributed by atoms with Gasteiger partial charge < -0.3 is 20.1 Å². The Hall–Kier alpha value is -1.56. The highest BCUT2D eigenvalue weighted by atomic mass is 35.5. The first-order chi connectivity index (χ1) is 19.0. The second-order valence-electron chi connectivity index (χ2n) is 12.2. The normalized spacial score (nSPS) is 29.8. The number of aliphatic hydroxyl groups excluding tert-OH is 1. The van der Waals surface area contributed by atoms with Crippen LogP contribution in [0.2, 0.25) is 5.02 Å². The number of morpholine rings is 1. The fourth-order valence-electron chi connectivity index (χ4n) is 7.17. The van der Waals surface area contributed by atoms with Crippen LogP contribution in [0.15, 0.2) is 29.2 Å². The standard InChI is InChI=1S/C29H40ClN3O5S2/c1-18(28(35)31-10-11-33-12-14-38-15-13-33)22-8-9-29(3)16-23-26(19(2)25(29)27(22)34)32-24(39-23)17-40(36,37)21-6-4-20(30)5-7-21/h4-7,18-19,22,25,27,34H,8-17H2,1-3H3,(H,31,35)/p+1/t18-,19-,22+,25+,27-,29-/m0/s1. The van der Waals surface area contributed by atoms with E-state index in [-0.39, 0.29) is 45.6 Å². The minimum absolute atomic E-state index is 0.00724. The number of quaternary nitrogens is 1. The van der Waals surface area contributed by atoms with Gasteiger partial charge in [-0.25, -0.2) is 13.4 Å². The van der Waals surface area contributed by atoms with E-state index in [2.05, 4.69) is 19.2 Å². The fourth-order valence-corrected chi connectivity index (χ4v) is 10.3. The van der Waals surface area contributed by atoms with Gasteiger partial charge >= 0.3 is 0 Å². The maximum atomic E-state index is 13.1. The van der Waals surface area contributed by atoms with Crippen molar-refractivity contribution in [3.05, 3.63) is 44.9 Å². The van der Waals surface area contributed by atoms with Crippen LogP contribution in [0.25, 0.3) is 0 Å². The first kappa shape index (κ1) is 29.9. The van der Waals surface area contributed by atoms with Gasteiger partial charge in [0.25, 0.3) is 0 Å². The molecule has 0 unspecified atom stereocenters. The van der Waals surface area contributed by atoms with Crippen LogP contribution in [-0.2, 0) is 31.5 Å². The quantitative estimate of drug-likeness (QED) is 0.424. The highest BCUT2D eigenvalue weighted by Crippen LogP contribution is 2.57. The van der Waals surface area contributed by atoms with E-state index in [1.807, 2.05) is 6.92 Å². The van der Waals surface area contributed by atoms with Crippen LogP contribution in [0, 0.1) is 23.2 Å². The molecule has 2 fully saturated rings. The molecule has 2 heterocycles. The van der Waals surface area contributed by atoms with E-state index in [0.717, 1.165) is 62.7 Å². The molecule has 8 nitrogen and oxygen atoms in total. The monoisotopic (exact) mass is 610 g/mol. The number of halogens is 1. The van der Waals surface area contributed by atoms with E-state index in [0.29, 0.717) is 16.6 Å². The number of benzene rings is 1. The van der Waals surface area contributed by atoms with Crippen LogP contribution in [0.5, 0.6) is 0 Å². The third-order valence-electron chi connectivity index (χ3n) is 9.49. The lowest BCUT2D eigenvalue weighted by atomic mass is 9.53. The van der Waals surface area contributed by atoms with Crippen molar-refractivity contribution < 1.29 is 28.0 Å². The molecule has 2 aromatic rings. The number of hydrogen-bond donors (Lipinski definition) is 3. The van der Waals surface area contributed by atoms with Crippen LogP contribution >= 0.6 is 22.9 Å². The number of nitrogens with zero attached hydrogens (tertiary/aromatic N) is 1. The second kappa shape index (κ2) is 12.0. The van der Waals surface area contributed by atoms with Gasteiger partial charge in [-0.15, -0.1) is 11.3 Å². The molecule has 1 aromatic carbocycles. The lowest BCUT2D eigenvalue weighted by Crippen LogP contribution is -3.14. The van der Waals surface area contributed by atoms with Gasteiger partial charge in [0.05, 0.1) is 43.0 Å². The predicted octanol–water partition coefficient (Wildman–Crippen LogP) is 2.49. The van der Waals surface area contributed by atoms with Crippen LogP contribution in [0.1, 0.15) is 55.1 Å². The summed E-state index contributed by atoms with van der Waals surface area (Å²) in [6.07, 6.45) is 1.84. The second-order valence-corrected chi connectivity index (χ2v) is 15.8. The number of aromatic nitrogens is 1. The highest BCUT2D eigenvalue weighted by molar-refractivity contribution is 7.90. The van der Waals surface area contributed by atoms with Gasteiger partial charge in [0.1, 0.15) is 23.8 Å². The van der Waals surface area contributed by atoms with Crippen molar-refractivity contribution >= 4 is 38.7 Å². The van der Waals surface area contributed by atoms with E-state index in [4.69, 9.17) is 21.3 Å². The molecule has 1 amide bonds. The maximum Gasteiger partial charge on any atom is 0.223 e. The summed E-state index contributed by atoms with van der Waals surface area (Å²) in [5.74, 6) is -0.642. The number of rotatable bonds is 8. The smallest absolute Gasteiger partial charge is 0.223 e. The molecule has 1 aromatic heterocycles. The van der Waals surface area contributed by atoms with E-state index in [9.17, 15) is 18.3 Å². The zero-order valence-electron chi connectivity index (χ0n) is 23.5. The van der Waals surface area contributed by atoms with Crippen molar-refractivity contribution in [3.8, 4) is 0 Å². The maximum absolute atomic E-state index is 13.1. The summed E-state index contributed by atoms with van der Waals surface area (Å²) >= 11 is 7.42. The molecule has 220 valence electrons. The SMILES string of the molecule is C[C@H](C(=O)NCC[NH+]1CCOCC1)[C@H]1CC[C@@]2(C)Cc3sc(CS(=O)(=O)c4ccc(Cl)cc4)nc3[C@@H](C)[C@@H]2[C@H]1O. The number of sulfone groups is 1. The summed E-state index contributed by atoms with van der Waals surface area (Å²) < 4.78 is 31.5. The molecule has 0 bridgehead atoms. The molecular formula is C29H41ClN3O5S2+. The topological polar surface area (TPSA) is 110 Å². The molecule has 0 spiro atoms. The Morgan fingerprint density at radius 2 is 2.00 bits per heavy atom. The Labute approximate surface area is 246 Å². The number of nitrogens with one attached hydrogen (secondary N) is 2.